The van der Waals surface area contributed by atoms with Crippen LogP contribution in [0.25, 0.3) is 5.69 Å². The predicted octanol–water partition coefficient (Wildman–Crippen LogP) is 1.54. The third kappa shape index (κ3) is 2.84. The van der Waals surface area contributed by atoms with Gasteiger partial charge >= 0.3 is 0 Å². The lowest BCUT2D eigenvalue weighted by Gasteiger charge is -2.04. The maximum atomic E-state index is 12.1. The van der Waals surface area contributed by atoms with Crippen molar-refractivity contribution in [2.24, 2.45) is 7.05 Å². The zero-order valence-electron chi connectivity index (χ0n) is 11.6. The molecule has 0 saturated heterocycles. The number of para-hydroxylation sites is 1. The molecule has 0 saturated carbocycles. The van der Waals surface area contributed by atoms with Gasteiger partial charge in [-0.05, 0) is 24.3 Å². The lowest BCUT2D eigenvalue weighted by atomic mass is 10.3. The summed E-state index contributed by atoms with van der Waals surface area (Å²) >= 11 is 0. The van der Waals surface area contributed by atoms with E-state index in [-0.39, 0.29) is 5.91 Å². The summed E-state index contributed by atoms with van der Waals surface area (Å²) in [5, 5.41) is 11.2. The summed E-state index contributed by atoms with van der Waals surface area (Å²) in [7, 11) is 1.84. The molecule has 0 bridgehead atoms. The normalized spacial score (nSPS) is 10.5. The number of hydrogen-bond acceptors (Lipinski definition) is 3. The van der Waals surface area contributed by atoms with Gasteiger partial charge in [-0.25, -0.2) is 4.68 Å². The van der Waals surface area contributed by atoms with Crippen LogP contribution in [0.5, 0.6) is 0 Å². The van der Waals surface area contributed by atoms with Crippen LogP contribution in [0.2, 0.25) is 0 Å². The van der Waals surface area contributed by atoms with Gasteiger partial charge in [0.2, 0.25) is 0 Å². The van der Waals surface area contributed by atoms with Gasteiger partial charge in [0, 0.05) is 19.4 Å². The molecule has 3 rings (SSSR count). The third-order valence-corrected chi connectivity index (χ3v) is 3.19. The Kier molecular flexibility index (Phi) is 3.51. The van der Waals surface area contributed by atoms with Gasteiger partial charge in [-0.3, -0.25) is 9.48 Å². The highest BCUT2D eigenvalue weighted by Gasteiger charge is 2.10. The summed E-state index contributed by atoms with van der Waals surface area (Å²) in [5.41, 5.74) is 2.25. The van der Waals surface area contributed by atoms with Crippen molar-refractivity contribution in [2.75, 3.05) is 0 Å². The van der Waals surface area contributed by atoms with Crippen molar-refractivity contribution in [1.29, 1.82) is 0 Å². The van der Waals surface area contributed by atoms with Crippen LogP contribution in [0.1, 0.15) is 16.2 Å². The molecule has 3 aromatic rings. The Bertz CT molecular complexity index is 744. The standard InChI is InChI=1S/C15H15N5O/c1-19-13(7-9-17-19)11-16-15(21)14-8-10-20(18-14)12-5-3-2-4-6-12/h2-10H,11H2,1H3,(H,16,21). The van der Waals surface area contributed by atoms with E-state index in [9.17, 15) is 4.79 Å². The molecule has 1 amide bonds. The number of aromatic nitrogens is 4. The number of amides is 1. The Morgan fingerprint density at radius 3 is 2.71 bits per heavy atom. The largest absolute Gasteiger partial charge is 0.345 e. The molecule has 0 aliphatic heterocycles. The van der Waals surface area contributed by atoms with E-state index in [1.165, 1.54) is 0 Å². The highest BCUT2D eigenvalue weighted by molar-refractivity contribution is 5.92. The highest BCUT2D eigenvalue weighted by Crippen LogP contribution is 2.07. The molecule has 0 aliphatic rings. The first-order chi connectivity index (χ1) is 10.2. The molecule has 1 aromatic carbocycles. The number of nitrogens with zero attached hydrogens (tertiary/aromatic N) is 4. The molecular formula is C15H15N5O. The van der Waals surface area contributed by atoms with Crippen LogP contribution >= 0.6 is 0 Å². The second-order valence-corrected chi connectivity index (χ2v) is 4.61. The number of aryl methyl sites for hydroxylation is 1. The van der Waals surface area contributed by atoms with Crippen LogP contribution in [-0.2, 0) is 13.6 Å². The molecule has 0 atom stereocenters. The average Bonchev–Trinajstić information content (AvgIpc) is 3.15. The minimum Gasteiger partial charge on any atom is -0.345 e. The number of nitrogens with one attached hydrogen (secondary N) is 1. The number of carbonyl (C=O) groups excluding carboxylic acids is 1. The molecule has 106 valence electrons. The van der Waals surface area contributed by atoms with Gasteiger partial charge in [0.1, 0.15) is 0 Å². The van der Waals surface area contributed by atoms with E-state index in [1.54, 1.807) is 27.8 Å². The topological polar surface area (TPSA) is 64.7 Å². The molecule has 0 radical (unpaired) electrons. The van der Waals surface area contributed by atoms with E-state index in [1.807, 2.05) is 43.4 Å². The summed E-state index contributed by atoms with van der Waals surface area (Å²) in [6.45, 7) is 0.424. The van der Waals surface area contributed by atoms with E-state index >= 15 is 0 Å². The highest BCUT2D eigenvalue weighted by atomic mass is 16.1. The maximum absolute atomic E-state index is 12.1. The molecule has 0 spiro atoms. The van der Waals surface area contributed by atoms with Crippen LogP contribution in [0.15, 0.2) is 54.9 Å². The van der Waals surface area contributed by atoms with Crippen molar-refractivity contribution >= 4 is 5.91 Å². The first kappa shape index (κ1) is 13.1. The molecule has 6 heteroatoms. The minimum atomic E-state index is -0.203. The van der Waals surface area contributed by atoms with E-state index in [0.29, 0.717) is 12.2 Å². The number of hydrogen-bond donors (Lipinski definition) is 1. The first-order valence-corrected chi connectivity index (χ1v) is 6.60. The van der Waals surface area contributed by atoms with E-state index in [2.05, 4.69) is 15.5 Å². The SMILES string of the molecule is Cn1nccc1CNC(=O)c1ccn(-c2ccccc2)n1. The number of rotatable bonds is 4. The van der Waals surface area contributed by atoms with Gasteiger partial charge in [-0.1, -0.05) is 18.2 Å². The molecular weight excluding hydrogens is 266 g/mol. The fourth-order valence-corrected chi connectivity index (χ4v) is 2.01. The van der Waals surface area contributed by atoms with Gasteiger partial charge in [0.25, 0.3) is 5.91 Å². The van der Waals surface area contributed by atoms with Crippen molar-refractivity contribution in [2.45, 2.75) is 6.54 Å². The lowest BCUT2D eigenvalue weighted by Crippen LogP contribution is -2.24. The minimum absolute atomic E-state index is 0.203. The van der Waals surface area contributed by atoms with Gasteiger partial charge in [-0.2, -0.15) is 10.2 Å². The van der Waals surface area contributed by atoms with E-state index in [0.717, 1.165) is 11.4 Å². The molecule has 6 nitrogen and oxygen atoms in total. The van der Waals surface area contributed by atoms with Crippen LogP contribution in [0.4, 0.5) is 0 Å². The molecule has 0 fully saturated rings. The predicted molar refractivity (Wildman–Crippen MR) is 77.9 cm³/mol. The number of benzene rings is 1. The van der Waals surface area contributed by atoms with Gasteiger partial charge in [0.05, 0.1) is 17.9 Å². The van der Waals surface area contributed by atoms with Gasteiger partial charge < -0.3 is 5.32 Å². The van der Waals surface area contributed by atoms with Crippen molar-refractivity contribution in [1.82, 2.24) is 24.9 Å². The Hall–Kier alpha value is -2.89. The molecule has 0 unspecified atom stereocenters. The van der Waals surface area contributed by atoms with E-state index in [4.69, 9.17) is 0 Å². The second kappa shape index (κ2) is 5.62. The smallest absolute Gasteiger partial charge is 0.272 e. The van der Waals surface area contributed by atoms with E-state index < -0.39 is 0 Å². The van der Waals surface area contributed by atoms with Crippen LogP contribution in [0.3, 0.4) is 0 Å². The molecule has 0 aliphatic carbocycles. The second-order valence-electron chi connectivity index (χ2n) is 4.61. The summed E-state index contributed by atoms with van der Waals surface area (Å²) < 4.78 is 3.40. The Morgan fingerprint density at radius 2 is 2.00 bits per heavy atom. The van der Waals surface area contributed by atoms with Crippen molar-refractivity contribution in [3.63, 3.8) is 0 Å². The van der Waals surface area contributed by atoms with Gasteiger partial charge in [0.15, 0.2) is 5.69 Å². The molecule has 2 aromatic heterocycles. The van der Waals surface area contributed by atoms with Crippen LogP contribution in [0, 0.1) is 0 Å². The third-order valence-electron chi connectivity index (χ3n) is 3.19. The fraction of sp³-hybridized carbons (Fsp3) is 0.133. The zero-order chi connectivity index (χ0) is 14.7. The Morgan fingerprint density at radius 1 is 1.19 bits per heavy atom. The first-order valence-electron chi connectivity index (χ1n) is 6.60. The molecule has 1 N–H and O–H groups in total. The monoisotopic (exact) mass is 281 g/mol. The molecule has 21 heavy (non-hydrogen) atoms. The fourth-order valence-electron chi connectivity index (χ4n) is 2.01. The Labute approximate surface area is 122 Å². The van der Waals surface area contributed by atoms with Crippen molar-refractivity contribution in [3.8, 4) is 5.69 Å². The quantitative estimate of drug-likeness (QED) is 0.789. The van der Waals surface area contributed by atoms with Crippen LogP contribution < -0.4 is 5.32 Å². The maximum Gasteiger partial charge on any atom is 0.272 e. The average molecular weight is 281 g/mol. The summed E-state index contributed by atoms with van der Waals surface area (Å²) in [6.07, 6.45) is 3.47. The summed E-state index contributed by atoms with van der Waals surface area (Å²) in [6, 6.07) is 13.2. The van der Waals surface area contributed by atoms with Crippen LogP contribution in [-0.4, -0.2) is 25.5 Å². The van der Waals surface area contributed by atoms with Crippen molar-refractivity contribution < 1.29 is 4.79 Å². The lowest BCUT2D eigenvalue weighted by molar-refractivity contribution is 0.0944. The van der Waals surface area contributed by atoms with Crippen molar-refractivity contribution in [3.05, 3.63) is 66.2 Å². The zero-order valence-corrected chi connectivity index (χ0v) is 11.6. The Balaban J connectivity index is 1.69. The molecule has 2 heterocycles. The summed E-state index contributed by atoms with van der Waals surface area (Å²) in [4.78, 5) is 12.1. The summed E-state index contributed by atoms with van der Waals surface area (Å²) in [5.74, 6) is -0.203. The number of carbonyl (C=O) groups is 1. The van der Waals surface area contributed by atoms with Gasteiger partial charge in [-0.15, -0.1) is 0 Å².